The maximum Gasteiger partial charge on any atom is 0.413 e. The van der Waals surface area contributed by atoms with Crippen molar-refractivity contribution in [3.63, 3.8) is 0 Å². The third-order valence-corrected chi connectivity index (χ3v) is 6.92. The molecule has 5 N–H and O–H groups in total. The van der Waals surface area contributed by atoms with Crippen LogP contribution in [-0.4, -0.2) is 83.3 Å². The first kappa shape index (κ1) is 30.1. The largest absolute Gasteiger partial charge is 0.455 e. The topological polar surface area (TPSA) is 212 Å². The summed E-state index contributed by atoms with van der Waals surface area (Å²) in [7, 11) is 0. The van der Waals surface area contributed by atoms with Crippen LogP contribution >= 0.6 is 0 Å². The molecule has 0 bridgehead atoms. The van der Waals surface area contributed by atoms with Crippen LogP contribution in [0.2, 0.25) is 0 Å². The molecule has 0 saturated carbocycles. The summed E-state index contributed by atoms with van der Waals surface area (Å²) in [5.74, 6) is 0.237. The fraction of sp³-hybridized carbons (Fsp3) is 0.393. The molecule has 4 aromatic rings. The highest BCUT2D eigenvalue weighted by Gasteiger charge is 2.45. The molecule has 5 atom stereocenters. The first-order valence-electron chi connectivity index (χ1n) is 13.5. The van der Waals surface area contributed by atoms with Gasteiger partial charge in [-0.2, -0.15) is 0 Å². The molecule has 1 fully saturated rings. The summed E-state index contributed by atoms with van der Waals surface area (Å²) < 4.78 is 18.0. The molecular formula is C28H31N5O10. The first-order valence-corrected chi connectivity index (χ1v) is 13.5. The van der Waals surface area contributed by atoms with Crippen molar-refractivity contribution >= 4 is 39.5 Å². The van der Waals surface area contributed by atoms with Gasteiger partial charge in [0.05, 0.1) is 28.9 Å². The summed E-state index contributed by atoms with van der Waals surface area (Å²) >= 11 is 0. The lowest BCUT2D eigenvalue weighted by Gasteiger charge is -2.39. The third kappa shape index (κ3) is 6.21. The summed E-state index contributed by atoms with van der Waals surface area (Å²) in [4.78, 5) is 32.8. The number of anilines is 1. The number of hydrogen-bond acceptors (Lipinski definition) is 12. The van der Waals surface area contributed by atoms with E-state index in [0.29, 0.717) is 23.5 Å². The van der Waals surface area contributed by atoms with Crippen LogP contribution in [0.3, 0.4) is 0 Å². The van der Waals surface area contributed by atoms with E-state index in [1.165, 1.54) is 12.1 Å². The number of benzene rings is 2. The van der Waals surface area contributed by atoms with E-state index in [1.807, 2.05) is 28.8 Å². The smallest absolute Gasteiger partial charge is 0.413 e. The predicted octanol–water partition coefficient (Wildman–Crippen LogP) is 2.08. The normalized spacial score (nSPS) is 22.2. The number of hydrogen-bond donors (Lipinski definition) is 5. The molecule has 3 heterocycles. The Kier molecular flexibility index (Phi) is 8.70. The maximum absolute atomic E-state index is 12.8. The van der Waals surface area contributed by atoms with Crippen LogP contribution in [0.4, 0.5) is 16.3 Å². The number of nitro groups is 1. The molecule has 0 aliphatic carbocycles. The van der Waals surface area contributed by atoms with Gasteiger partial charge >= 0.3 is 11.8 Å². The number of pyridine rings is 1. The standard InChI is InChI=1S/C28H31N5O10/c1-14(2)10-32-13-29-21-22(32)16-5-3-4-6-17(16)30-26(21)31-28(38)41-12-15-7-8-19(18(9-15)33(39)40)42-27-25(37)24(36)23(35)20(11-34)43-27/h3-9,13-14,20,23-25,27,34-37H,10-12H2,1-2H3,(H,30,31,38)/t20-,23-,24+,25+,27?/m1/s1. The fourth-order valence-corrected chi connectivity index (χ4v) is 4.87. The van der Waals surface area contributed by atoms with Crippen molar-refractivity contribution in [1.29, 1.82) is 0 Å². The number of amides is 1. The Morgan fingerprint density at radius 2 is 1.93 bits per heavy atom. The van der Waals surface area contributed by atoms with E-state index < -0.39 is 54.0 Å². The number of aliphatic hydroxyl groups excluding tert-OH is 4. The Morgan fingerprint density at radius 1 is 1.16 bits per heavy atom. The van der Waals surface area contributed by atoms with Gasteiger partial charge in [-0.1, -0.05) is 38.1 Å². The Labute approximate surface area is 244 Å². The molecular weight excluding hydrogens is 566 g/mol. The molecule has 1 unspecified atom stereocenters. The number of nitrogens with zero attached hydrogens (tertiary/aromatic N) is 4. The lowest BCUT2D eigenvalue weighted by atomic mass is 9.99. The lowest BCUT2D eigenvalue weighted by Crippen LogP contribution is -2.60. The van der Waals surface area contributed by atoms with Crippen molar-refractivity contribution in [3.05, 3.63) is 64.5 Å². The monoisotopic (exact) mass is 597 g/mol. The average molecular weight is 598 g/mol. The van der Waals surface area contributed by atoms with Crippen molar-refractivity contribution < 1.29 is 44.4 Å². The molecule has 1 saturated heterocycles. The van der Waals surface area contributed by atoms with Crippen molar-refractivity contribution in [1.82, 2.24) is 14.5 Å². The second kappa shape index (κ2) is 12.4. The van der Waals surface area contributed by atoms with Crippen molar-refractivity contribution in [2.75, 3.05) is 11.9 Å². The maximum atomic E-state index is 12.8. The molecule has 228 valence electrons. The van der Waals surface area contributed by atoms with Gasteiger partial charge in [-0.3, -0.25) is 15.4 Å². The number of aromatic nitrogens is 3. The van der Waals surface area contributed by atoms with E-state index in [2.05, 4.69) is 29.1 Å². The highest BCUT2D eigenvalue weighted by atomic mass is 16.7. The number of ether oxygens (including phenoxy) is 3. The zero-order valence-electron chi connectivity index (χ0n) is 23.2. The molecule has 2 aromatic carbocycles. The number of nitro benzene ring substituents is 1. The van der Waals surface area contributed by atoms with Crippen molar-refractivity contribution in [2.24, 2.45) is 5.92 Å². The van der Waals surface area contributed by atoms with Gasteiger partial charge in [-0.15, -0.1) is 0 Å². The lowest BCUT2D eigenvalue weighted by molar-refractivity contribution is -0.387. The second-order valence-corrected chi connectivity index (χ2v) is 10.5. The fourth-order valence-electron chi connectivity index (χ4n) is 4.87. The summed E-state index contributed by atoms with van der Waals surface area (Å²) in [6, 6.07) is 11.2. The number of fused-ring (bicyclic) bond motifs is 3. The number of nitrogens with one attached hydrogen (secondary N) is 1. The van der Waals surface area contributed by atoms with Gasteiger partial charge in [-0.05, 0) is 23.6 Å². The number of para-hydroxylation sites is 1. The molecule has 5 rings (SSSR count). The van der Waals surface area contributed by atoms with Gasteiger partial charge in [-0.25, -0.2) is 14.8 Å². The minimum absolute atomic E-state index is 0.204. The third-order valence-electron chi connectivity index (χ3n) is 6.92. The molecule has 2 aromatic heterocycles. The van der Waals surface area contributed by atoms with Gasteiger partial charge in [0, 0.05) is 18.0 Å². The van der Waals surface area contributed by atoms with Gasteiger partial charge in [0.25, 0.3) is 0 Å². The molecule has 15 nitrogen and oxygen atoms in total. The zero-order chi connectivity index (χ0) is 30.8. The van der Waals surface area contributed by atoms with Crippen LogP contribution in [0.15, 0.2) is 48.8 Å². The Balaban J connectivity index is 1.31. The van der Waals surface area contributed by atoms with E-state index in [9.17, 15) is 35.3 Å². The summed E-state index contributed by atoms with van der Waals surface area (Å²) in [6.07, 6.45) is -7.11. The number of carbonyl (C=O) groups is 1. The van der Waals surface area contributed by atoms with Crippen LogP contribution in [0.5, 0.6) is 5.75 Å². The summed E-state index contributed by atoms with van der Waals surface area (Å²) in [5, 5.41) is 54.8. The molecule has 1 aliphatic rings. The van der Waals surface area contributed by atoms with E-state index in [1.54, 1.807) is 6.33 Å². The number of rotatable bonds is 9. The summed E-state index contributed by atoms with van der Waals surface area (Å²) in [5.41, 5.74) is 1.68. The van der Waals surface area contributed by atoms with Crippen LogP contribution < -0.4 is 10.1 Å². The van der Waals surface area contributed by atoms with E-state index in [-0.39, 0.29) is 23.7 Å². The highest BCUT2D eigenvalue weighted by molar-refractivity contribution is 6.08. The van der Waals surface area contributed by atoms with Gasteiger partial charge in [0.2, 0.25) is 6.29 Å². The second-order valence-electron chi connectivity index (χ2n) is 10.5. The minimum Gasteiger partial charge on any atom is -0.455 e. The van der Waals surface area contributed by atoms with Gasteiger partial charge in [0.1, 0.15) is 36.5 Å². The number of carbonyl (C=O) groups excluding carboxylic acids is 1. The molecule has 0 radical (unpaired) electrons. The van der Waals surface area contributed by atoms with Gasteiger partial charge in [0.15, 0.2) is 11.6 Å². The van der Waals surface area contributed by atoms with E-state index >= 15 is 0 Å². The predicted molar refractivity (Wildman–Crippen MR) is 151 cm³/mol. The van der Waals surface area contributed by atoms with Crippen LogP contribution in [-0.2, 0) is 22.6 Å². The molecule has 43 heavy (non-hydrogen) atoms. The molecule has 1 amide bonds. The average Bonchev–Trinajstić information content (AvgIpc) is 3.40. The Morgan fingerprint density at radius 3 is 2.65 bits per heavy atom. The molecule has 1 aliphatic heterocycles. The Hall–Kier alpha value is -4.41. The highest BCUT2D eigenvalue weighted by Crippen LogP contribution is 2.33. The quantitative estimate of drug-likeness (QED) is 0.139. The number of aliphatic hydroxyl groups is 4. The number of imidazole rings is 1. The van der Waals surface area contributed by atoms with Crippen molar-refractivity contribution in [2.45, 2.75) is 57.7 Å². The first-order chi connectivity index (χ1) is 20.6. The van der Waals surface area contributed by atoms with Crippen molar-refractivity contribution in [3.8, 4) is 5.75 Å². The van der Waals surface area contributed by atoms with Crippen LogP contribution in [0, 0.1) is 16.0 Å². The molecule has 15 heteroatoms. The SMILES string of the molecule is CC(C)Cn1cnc2c(NC(=O)OCc3ccc(OC4O[C@H](CO)[C@@H](O)[C@H](O)[C@@H]4O)c([N+](=O)[O-])c3)nc3ccccc3c21. The molecule has 0 spiro atoms. The van der Waals surface area contributed by atoms with Crippen LogP contribution in [0.25, 0.3) is 21.9 Å². The van der Waals surface area contributed by atoms with E-state index in [0.717, 1.165) is 17.0 Å². The van der Waals surface area contributed by atoms with Gasteiger partial charge < -0.3 is 39.2 Å². The summed E-state index contributed by atoms with van der Waals surface area (Å²) in [6.45, 7) is 3.86. The minimum atomic E-state index is -1.75. The van der Waals surface area contributed by atoms with E-state index in [4.69, 9.17) is 14.2 Å². The van der Waals surface area contributed by atoms with Crippen LogP contribution in [0.1, 0.15) is 19.4 Å². The zero-order valence-corrected chi connectivity index (χ0v) is 23.2. The Bertz CT molecular complexity index is 1640.